The van der Waals surface area contributed by atoms with E-state index in [4.69, 9.17) is 0 Å². The Morgan fingerprint density at radius 2 is 2.28 bits per heavy atom. The van der Waals surface area contributed by atoms with Crippen molar-refractivity contribution in [3.05, 3.63) is 11.3 Å². The van der Waals surface area contributed by atoms with E-state index in [9.17, 15) is 0 Å². The maximum absolute atomic E-state index is 4.58. The number of anilines is 1. The fourth-order valence-corrected chi connectivity index (χ4v) is 3.81. The molecular formula is C13H24N4S. The molecular weight excluding hydrogens is 244 g/mol. The lowest BCUT2D eigenvalue weighted by Crippen LogP contribution is -2.39. The highest BCUT2D eigenvalue weighted by molar-refractivity contribution is 8.00. The third-order valence-corrected chi connectivity index (χ3v) is 4.93. The first-order valence-corrected chi connectivity index (χ1v) is 7.75. The number of hydrogen-bond donors (Lipinski definition) is 1. The highest BCUT2D eigenvalue weighted by Gasteiger charge is 2.24. The van der Waals surface area contributed by atoms with E-state index in [0.29, 0.717) is 0 Å². The highest BCUT2D eigenvalue weighted by atomic mass is 32.2. The monoisotopic (exact) mass is 268 g/mol. The maximum atomic E-state index is 4.58. The largest absolute Gasteiger partial charge is 0.355 e. The van der Waals surface area contributed by atoms with Gasteiger partial charge in [0.1, 0.15) is 5.82 Å². The number of hydrogen-bond acceptors (Lipinski definition) is 4. The van der Waals surface area contributed by atoms with E-state index in [2.05, 4.69) is 48.0 Å². The molecule has 0 aromatic carbocycles. The molecule has 102 valence electrons. The van der Waals surface area contributed by atoms with Crippen molar-refractivity contribution < 1.29 is 0 Å². The zero-order valence-electron chi connectivity index (χ0n) is 11.9. The smallest absolute Gasteiger partial charge is 0.131 e. The van der Waals surface area contributed by atoms with Crippen molar-refractivity contribution >= 4 is 17.6 Å². The van der Waals surface area contributed by atoms with E-state index in [-0.39, 0.29) is 0 Å². The molecule has 1 saturated heterocycles. The van der Waals surface area contributed by atoms with Gasteiger partial charge in [0.15, 0.2) is 0 Å². The lowest BCUT2D eigenvalue weighted by molar-refractivity contribution is 0.670. The van der Waals surface area contributed by atoms with E-state index in [0.717, 1.165) is 30.6 Å². The van der Waals surface area contributed by atoms with Crippen LogP contribution in [0, 0.1) is 6.92 Å². The lowest BCUT2D eigenvalue weighted by Gasteiger charge is -2.34. The van der Waals surface area contributed by atoms with Crippen molar-refractivity contribution in [1.82, 2.24) is 15.1 Å². The maximum Gasteiger partial charge on any atom is 0.131 e. The van der Waals surface area contributed by atoms with Crippen LogP contribution < -0.4 is 10.2 Å². The molecule has 1 atom stereocenters. The summed E-state index contributed by atoms with van der Waals surface area (Å²) in [5.41, 5.74) is 2.50. The average molecular weight is 268 g/mol. The third kappa shape index (κ3) is 2.67. The van der Waals surface area contributed by atoms with Gasteiger partial charge in [-0.2, -0.15) is 16.9 Å². The molecule has 2 rings (SSSR count). The molecule has 1 unspecified atom stereocenters. The Labute approximate surface area is 114 Å². The lowest BCUT2D eigenvalue weighted by atomic mass is 10.2. The molecule has 2 heterocycles. The van der Waals surface area contributed by atoms with Crippen molar-refractivity contribution in [3.63, 3.8) is 0 Å². The molecule has 0 aliphatic carbocycles. The predicted octanol–water partition coefficient (Wildman–Crippen LogP) is 1.78. The molecule has 1 aromatic rings. The average Bonchev–Trinajstić information content (AvgIpc) is 2.65. The van der Waals surface area contributed by atoms with Crippen molar-refractivity contribution in [1.29, 1.82) is 0 Å². The SMILES string of the molecule is CCC1CN(c2c(CNC)c(C)nn2C)CCS1. The number of thioether (sulfide) groups is 1. The van der Waals surface area contributed by atoms with Crippen LogP contribution in [0.5, 0.6) is 0 Å². The Balaban J connectivity index is 2.25. The minimum atomic E-state index is 0.761. The first kappa shape index (κ1) is 13.7. The molecule has 1 aromatic heterocycles. The van der Waals surface area contributed by atoms with Gasteiger partial charge in [0, 0.05) is 43.2 Å². The Morgan fingerprint density at radius 3 is 2.94 bits per heavy atom. The Bertz CT molecular complexity index is 402. The minimum absolute atomic E-state index is 0.761. The van der Waals surface area contributed by atoms with Crippen LogP contribution in [-0.2, 0) is 13.6 Å². The van der Waals surface area contributed by atoms with Crippen LogP contribution in [0.3, 0.4) is 0 Å². The van der Waals surface area contributed by atoms with Crippen molar-refractivity contribution in [3.8, 4) is 0 Å². The van der Waals surface area contributed by atoms with Crippen LogP contribution in [0.25, 0.3) is 0 Å². The van der Waals surface area contributed by atoms with Crippen LogP contribution >= 0.6 is 11.8 Å². The van der Waals surface area contributed by atoms with Gasteiger partial charge in [0.2, 0.25) is 0 Å². The highest BCUT2D eigenvalue weighted by Crippen LogP contribution is 2.29. The molecule has 5 heteroatoms. The van der Waals surface area contributed by atoms with E-state index in [1.807, 2.05) is 11.7 Å². The summed E-state index contributed by atoms with van der Waals surface area (Å²) in [4.78, 5) is 2.51. The van der Waals surface area contributed by atoms with Crippen LogP contribution in [0.1, 0.15) is 24.6 Å². The molecule has 18 heavy (non-hydrogen) atoms. The summed E-state index contributed by atoms with van der Waals surface area (Å²) in [5.74, 6) is 2.53. The fraction of sp³-hybridized carbons (Fsp3) is 0.769. The summed E-state index contributed by atoms with van der Waals surface area (Å²) in [7, 11) is 4.06. The molecule has 1 aliphatic heterocycles. The zero-order valence-corrected chi connectivity index (χ0v) is 12.7. The van der Waals surface area contributed by atoms with Gasteiger partial charge in [0.05, 0.1) is 5.69 Å². The Hall–Kier alpha value is -0.680. The van der Waals surface area contributed by atoms with Crippen LogP contribution in [0.2, 0.25) is 0 Å². The fourth-order valence-electron chi connectivity index (χ4n) is 2.63. The van der Waals surface area contributed by atoms with Gasteiger partial charge in [-0.1, -0.05) is 6.92 Å². The van der Waals surface area contributed by atoms with Gasteiger partial charge in [-0.3, -0.25) is 4.68 Å². The van der Waals surface area contributed by atoms with E-state index < -0.39 is 0 Å². The van der Waals surface area contributed by atoms with Gasteiger partial charge in [-0.05, 0) is 20.4 Å². The molecule has 4 nitrogen and oxygen atoms in total. The van der Waals surface area contributed by atoms with Gasteiger partial charge < -0.3 is 10.2 Å². The van der Waals surface area contributed by atoms with E-state index in [1.54, 1.807) is 0 Å². The summed E-state index contributed by atoms with van der Waals surface area (Å²) in [6, 6.07) is 0. The molecule has 0 saturated carbocycles. The second-order valence-electron chi connectivity index (χ2n) is 4.89. The molecule has 0 radical (unpaired) electrons. The van der Waals surface area contributed by atoms with E-state index >= 15 is 0 Å². The second kappa shape index (κ2) is 5.97. The van der Waals surface area contributed by atoms with Gasteiger partial charge >= 0.3 is 0 Å². The quantitative estimate of drug-likeness (QED) is 0.902. The van der Waals surface area contributed by atoms with Crippen LogP contribution in [0.15, 0.2) is 0 Å². The molecule has 0 amide bonds. The third-order valence-electron chi connectivity index (χ3n) is 3.56. The zero-order chi connectivity index (χ0) is 13.1. The van der Waals surface area contributed by atoms with Crippen molar-refractivity contribution in [2.75, 3.05) is 30.8 Å². The summed E-state index contributed by atoms with van der Waals surface area (Å²) in [5, 5.41) is 8.60. The number of nitrogens with zero attached hydrogens (tertiary/aromatic N) is 3. The first-order chi connectivity index (χ1) is 8.67. The number of nitrogens with one attached hydrogen (secondary N) is 1. The van der Waals surface area contributed by atoms with Crippen molar-refractivity contribution in [2.45, 2.75) is 32.1 Å². The molecule has 1 fully saturated rings. The predicted molar refractivity (Wildman–Crippen MR) is 79.5 cm³/mol. The Kier molecular flexibility index (Phi) is 4.56. The summed E-state index contributed by atoms with van der Waals surface area (Å²) < 4.78 is 2.05. The van der Waals surface area contributed by atoms with E-state index in [1.165, 1.54) is 23.6 Å². The molecule has 1 aliphatic rings. The molecule has 0 spiro atoms. The second-order valence-corrected chi connectivity index (χ2v) is 6.30. The number of rotatable bonds is 4. The van der Waals surface area contributed by atoms with Crippen LogP contribution in [-0.4, -0.2) is 40.9 Å². The molecule has 1 N–H and O–H groups in total. The normalized spacial score (nSPS) is 20.4. The first-order valence-electron chi connectivity index (χ1n) is 6.71. The van der Waals surface area contributed by atoms with Gasteiger partial charge in [-0.25, -0.2) is 0 Å². The Morgan fingerprint density at radius 1 is 1.50 bits per heavy atom. The van der Waals surface area contributed by atoms with Crippen LogP contribution in [0.4, 0.5) is 5.82 Å². The summed E-state index contributed by atoms with van der Waals surface area (Å²) >= 11 is 2.11. The van der Waals surface area contributed by atoms with Gasteiger partial charge in [0.25, 0.3) is 0 Å². The topological polar surface area (TPSA) is 33.1 Å². The number of aryl methyl sites for hydroxylation is 2. The summed E-state index contributed by atoms with van der Waals surface area (Å²) in [6.45, 7) is 7.57. The standard InChI is InChI=1S/C13H24N4S/c1-5-11-9-17(6-7-18-11)13-12(8-14-3)10(2)15-16(13)4/h11,14H,5-9H2,1-4H3. The molecule has 0 bridgehead atoms. The minimum Gasteiger partial charge on any atom is -0.355 e. The van der Waals surface area contributed by atoms with Crippen molar-refractivity contribution in [2.24, 2.45) is 7.05 Å². The van der Waals surface area contributed by atoms with Gasteiger partial charge in [-0.15, -0.1) is 0 Å². The summed E-state index contributed by atoms with van der Waals surface area (Å²) in [6.07, 6.45) is 1.25. The number of aromatic nitrogens is 2.